The molecule has 1 fully saturated rings. The third kappa shape index (κ3) is 4.46. The average Bonchev–Trinajstić information content (AvgIpc) is 2.61. The smallest absolute Gasteiger partial charge is 0.253 e. The maximum atomic E-state index is 12.6. The maximum absolute atomic E-state index is 12.6. The second-order valence-corrected chi connectivity index (χ2v) is 7.23. The van der Waals surface area contributed by atoms with Crippen molar-refractivity contribution in [3.63, 3.8) is 0 Å². The van der Waals surface area contributed by atoms with Gasteiger partial charge in [0.1, 0.15) is 0 Å². The minimum absolute atomic E-state index is 0.104. The normalized spacial score (nSPS) is 17.8. The average molecular weight is 388 g/mol. The van der Waals surface area contributed by atoms with Gasteiger partial charge in [-0.15, -0.1) is 0 Å². The quantitative estimate of drug-likeness (QED) is 0.768. The molecule has 2 aromatic rings. The summed E-state index contributed by atoms with van der Waals surface area (Å²) in [5.74, 6) is 0.104. The molecule has 2 aromatic carbocycles. The molecule has 0 spiro atoms. The van der Waals surface area contributed by atoms with E-state index in [4.69, 9.17) is 4.74 Å². The van der Waals surface area contributed by atoms with Crippen molar-refractivity contribution in [3.8, 4) is 0 Å². The summed E-state index contributed by atoms with van der Waals surface area (Å²) in [6, 6.07) is 15.9. The molecule has 1 atom stereocenters. The van der Waals surface area contributed by atoms with Gasteiger partial charge in [-0.25, -0.2) is 0 Å². The zero-order valence-electron chi connectivity index (χ0n) is 13.9. The lowest BCUT2D eigenvalue weighted by Gasteiger charge is -2.32. The first kappa shape index (κ1) is 17.2. The van der Waals surface area contributed by atoms with E-state index in [0.29, 0.717) is 13.2 Å². The summed E-state index contributed by atoms with van der Waals surface area (Å²) in [6.07, 6.45) is 2.10. The Kier molecular flexibility index (Phi) is 5.69. The molecule has 1 heterocycles. The van der Waals surface area contributed by atoms with Crippen LogP contribution in [-0.2, 0) is 11.3 Å². The molecular weight excluding hydrogens is 366 g/mol. The number of carbonyl (C=O) groups is 1. The lowest BCUT2D eigenvalue weighted by atomic mass is 10.1. The standard InChI is InChI=1S/C20H22BrNO2/c1-15-4-8-17(9-5-15)20(23)22-12-2-3-19(13-22)24-14-16-6-10-18(21)11-7-16/h4-11,19H,2-3,12-14H2,1H3. The highest BCUT2D eigenvalue weighted by Crippen LogP contribution is 2.18. The lowest BCUT2D eigenvalue weighted by molar-refractivity contribution is -0.00673. The number of aryl methyl sites for hydroxylation is 1. The third-order valence-corrected chi connectivity index (χ3v) is 4.89. The van der Waals surface area contributed by atoms with E-state index in [0.717, 1.165) is 35.0 Å². The Balaban J connectivity index is 1.56. The fourth-order valence-electron chi connectivity index (χ4n) is 2.93. The van der Waals surface area contributed by atoms with E-state index in [-0.39, 0.29) is 12.0 Å². The van der Waals surface area contributed by atoms with Crippen LogP contribution in [0.25, 0.3) is 0 Å². The lowest BCUT2D eigenvalue weighted by Crippen LogP contribution is -2.43. The molecule has 0 N–H and O–H groups in total. The van der Waals surface area contributed by atoms with Crippen molar-refractivity contribution in [2.75, 3.05) is 13.1 Å². The molecule has 1 saturated heterocycles. The van der Waals surface area contributed by atoms with Crippen molar-refractivity contribution in [2.45, 2.75) is 32.5 Å². The van der Waals surface area contributed by atoms with Gasteiger partial charge in [-0.2, -0.15) is 0 Å². The van der Waals surface area contributed by atoms with Crippen LogP contribution in [0.1, 0.15) is 34.3 Å². The molecule has 0 aromatic heterocycles. The van der Waals surface area contributed by atoms with Crippen LogP contribution in [0.4, 0.5) is 0 Å². The number of likely N-dealkylation sites (tertiary alicyclic amines) is 1. The van der Waals surface area contributed by atoms with Gasteiger partial charge < -0.3 is 9.64 Å². The molecule has 1 aliphatic rings. The fraction of sp³-hybridized carbons (Fsp3) is 0.350. The van der Waals surface area contributed by atoms with Crippen LogP contribution in [0.15, 0.2) is 53.0 Å². The number of halogens is 1. The molecule has 1 amide bonds. The molecule has 1 aliphatic heterocycles. The van der Waals surface area contributed by atoms with E-state index in [1.807, 2.05) is 48.2 Å². The number of amides is 1. The molecule has 0 radical (unpaired) electrons. The Morgan fingerprint density at radius 1 is 1.17 bits per heavy atom. The van der Waals surface area contributed by atoms with E-state index < -0.39 is 0 Å². The topological polar surface area (TPSA) is 29.5 Å². The van der Waals surface area contributed by atoms with Crippen molar-refractivity contribution in [2.24, 2.45) is 0 Å². The minimum atomic E-state index is 0.104. The summed E-state index contributed by atoms with van der Waals surface area (Å²) in [5.41, 5.74) is 3.08. The van der Waals surface area contributed by atoms with E-state index in [2.05, 4.69) is 28.1 Å². The number of nitrogens with zero attached hydrogens (tertiary/aromatic N) is 1. The fourth-order valence-corrected chi connectivity index (χ4v) is 3.20. The second-order valence-electron chi connectivity index (χ2n) is 6.32. The summed E-state index contributed by atoms with van der Waals surface area (Å²) >= 11 is 3.44. The Bertz CT molecular complexity index is 682. The van der Waals surface area contributed by atoms with Gasteiger partial charge >= 0.3 is 0 Å². The SMILES string of the molecule is Cc1ccc(C(=O)N2CCCC(OCc3ccc(Br)cc3)C2)cc1. The predicted molar refractivity (Wildman–Crippen MR) is 99.0 cm³/mol. The maximum Gasteiger partial charge on any atom is 0.253 e. The van der Waals surface area contributed by atoms with Gasteiger partial charge in [0.2, 0.25) is 0 Å². The molecule has 24 heavy (non-hydrogen) atoms. The van der Waals surface area contributed by atoms with Gasteiger partial charge in [-0.3, -0.25) is 4.79 Å². The minimum Gasteiger partial charge on any atom is -0.372 e. The van der Waals surface area contributed by atoms with Gasteiger partial charge in [-0.05, 0) is 49.6 Å². The van der Waals surface area contributed by atoms with Crippen molar-refractivity contribution < 1.29 is 9.53 Å². The van der Waals surface area contributed by atoms with Crippen LogP contribution < -0.4 is 0 Å². The Morgan fingerprint density at radius 2 is 1.88 bits per heavy atom. The van der Waals surface area contributed by atoms with E-state index >= 15 is 0 Å². The molecule has 0 saturated carbocycles. The summed E-state index contributed by atoms with van der Waals surface area (Å²) in [6.45, 7) is 4.10. The van der Waals surface area contributed by atoms with Crippen LogP contribution in [0.2, 0.25) is 0 Å². The van der Waals surface area contributed by atoms with Crippen LogP contribution in [-0.4, -0.2) is 30.0 Å². The van der Waals surface area contributed by atoms with Gasteiger partial charge in [0.15, 0.2) is 0 Å². The first-order chi connectivity index (χ1) is 11.6. The molecule has 4 heteroatoms. The van der Waals surface area contributed by atoms with E-state index in [1.165, 1.54) is 5.56 Å². The summed E-state index contributed by atoms with van der Waals surface area (Å²) in [7, 11) is 0. The van der Waals surface area contributed by atoms with Gasteiger partial charge in [0.25, 0.3) is 5.91 Å². The number of benzene rings is 2. The third-order valence-electron chi connectivity index (χ3n) is 4.36. The number of piperidine rings is 1. The highest BCUT2D eigenvalue weighted by Gasteiger charge is 2.24. The van der Waals surface area contributed by atoms with Gasteiger partial charge in [-0.1, -0.05) is 45.8 Å². The van der Waals surface area contributed by atoms with Crippen molar-refractivity contribution in [3.05, 3.63) is 69.7 Å². The number of ether oxygens (including phenoxy) is 1. The monoisotopic (exact) mass is 387 g/mol. The summed E-state index contributed by atoms with van der Waals surface area (Å²) in [4.78, 5) is 14.6. The first-order valence-corrected chi connectivity index (χ1v) is 9.13. The Morgan fingerprint density at radius 3 is 2.58 bits per heavy atom. The summed E-state index contributed by atoms with van der Waals surface area (Å²) < 4.78 is 7.10. The van der Waals surface area contributed by atoms with Crippen molar-refractivity contribution >= 4 is 21.8 Å². The number of carbonyl (C=O) groups excluding carboxylic acids is 1. The van der Waals surface area contributed by atoms with E-state index in [9.17, 15) is 4.79 Å². The molecular formula is C20H22BrNO2. The number of hydrogen-bond donors (Lipinski definition) is 0. The molecule has 0 aliphatic carbocycles. The van der Waals surface area contributed by atoms with E-state index in [1.54, 1.807) is 0 Å². The number of rotatable bonds is 4. The molecule has 3 nitrogen and oxygen atoms in total. The predicted octanol–water partition coefficient (Wildman–Crippen LogP) is 4.58. The van der Waals surface area contributed by atoms with Gasteiger partial charge in [0.05, 0.1) is 12.7 Å². The van der Waals surface area contributed by atoms with Crippen molar-refractivity contribution in [1.29, 1.82) is 0 Å². The van der Waals surface area contributed by atoms with Crippen LogP contribution in [0.5, 0.6) is 0 Å². The second kappa shape index (κ2) is 7.95. The Hall–Kier alpha value is -1.65. The van der Waals surface area contributed by atoms with Gasteiger partial charge in [0, 0.05) is 23.1 Å². The Labute approximate surface area is 151 Å². The zero-order chi connectivity index (χ0) is 16.9. The largest absolute Gasteiger partial charge is 0.372 e. The summed E-state index contributed by atoms with van der Waals surface area (Å²) in [5, 5.41) is 0. The molecule has 3 rings (SSSR count). The molecule has 1 unspecified atom stereocenters. The highest BCUT2D eigenvalue weighted by molar-refractivity contribution is 9.10. The molecule has 0 bridgehead atoms. The first-order valence-electron chi connectivity index (χ1n) is 8.34. The highest BCUT2D eigenvalue weighted by atomic mass is 79.9. The van der Waals surface area contributed by atoms with Crippen LogP contribution >= 0.6 is 15.9 Å². The van der Waals surface area contributed by atoms with Crippen LogP contribution in [0.3, 0.4) is 0 Å². The van der Waals surface area contributed by atoms with Crippen molar-refractivity contribution in [1.82, 2.24) is 4.90 Å². The molecule has 126 valence electrons. The van der Waals surface area contributed by atoms with Crippen LogP contribution in [0, 0.1) is 6.92 Å². The zero-order valence-corrected chi connectivity index (χ0v) is 15.5. The number of hydrogen-bond acceptors (Lipinski definition) is 2.